The number of cyclic esters (lactones) is 1. The monoisotopic (exact) mass is 444 g/mol. The summed E-state index contributed by atoms with van der Waals surface area (Å²) in [5, 5.41) is 14.6. The van der Waals surface area contributed by atoms with Gasteiger partial charge in [-0.15, -0.1) is 0 Å². The predicted octanol–water partition coefficient (Wildman–Crippen LogP) is 1.98. The fourth-order valence-corrected chi connectivity index (χ4v) is 2.65. The second kappa shape index (κ2) is 10.4. The second-order valence-corrected chi connectivity index (χ2v) is 6.26. The van der Waals surface area contributed by atoms with E-state index in [1.54, 1.807) is 30.1 Å². The van der Waals surface area contributed by atoms with Crippen LogP contribution in [0.4, 0.5) is 25.8 Å². The Bertz CT molecular complexity index is 834. The zero-order chi connectivity index (χ0) is 22.3. The summed E-state index contributed by atoms with van der Waals surface area (Å²) >= 11 is 4.60. The molecule has 2 heterocycles. The van der Waals surface area contributed by atoms with Crippen molar-refractivity contribution in [1.82, 2.24) is 5.32 Å². The minimum Gasteiger partial charge on any atom is -0.483 e. The molecule has 2 N–H and O–H groups in total. The molecule has 0 spiro atoms. The highest BCUT2D eigenvalue weighted by molar-refractivity contribution is 6.61. The van der Waals surface area contributed by atoms with Crippen LogP contribution < -0.4 is 19.9 Å². The first-order chi connectivity index (χ1) is 14.3. The van der Waals surface area contributed by atoms with Gasteiger partial charge in [0.05, 0.1) is 38.7 Å². The Morgan fingerprint density at radius 2 is 2.07 bits per heavy atom. The maximum Gasteiger partial charge on any atom is 0.414 e. The fourth-order valence-electron chi connectivity index (χ4n) is 2.65. The van der Waals surface area contributed by atoms with Crippen LogP contribution in [0.3, 0.4) is 0 Å². The number of halogens is 1. The van der Waals surface area contributed by atoms with E-state index in [9.17, 15) is 14.4 Å². The lowest BCUT2D eigenvalue weighted by Gasteiger charge is -2.28. The van der Waals surface area contributed by atoms with Gasteiger partial charge in [0.15, 0.2) is 5.84 Å². The van der Waals surface area contributed by atoms with Crippen LogP contribution in [0, 0.1) is 0 Å². The number of ether oxygens (including phenoxy) is 4. The lowest BCUT2D eigenvalue weighted by molar-refractivity contribution is 0.132. The minimum atomic E-state index is -0.773. The third-order valence-corrected chi connectivity index (χ3v) is 4.32. The number of amidine groups is 1. The van der Waals surface area contributed by atoms with Crippen LogP contribution in [0.2, 0.25) is 0 Å². The zero-order valence-electron chi connectivity index (χ0n) is 16.5. The van der Waals surface area contributed by atoms with Gasteiger partial charge >= 0.3 is 17.6 Å². The first-order valence-corrected chi connectivity index (χ1v) is 8.93. The Morgan fingerprint density at radius 1 is 1.37 bits per heavy atom. The number of carbonyl (C=O) groups excluding carboxylic acids is 3. The van der Waals surface area contributed by atoms with Crippen molar-refractivity contribution in [3.63, 3.8) is 0 Å². The van der Waals surface area contributed by atoms with Gasteiger partial charge in [0.2, 0.25) is 0 Å². The number of likely N-dealkylation sites (N-methyl/N-ethyl adjacent to an activating group) is 1. The molecule has 1 fully saturated rings. The number of methoxy groups -OCH3 is 2. The third kappa shape index (κ3) is 5.56. The van der Waals surface area contributed by atoms with E-state index in [1.165, 1.54) is 19.1 Å². The smallest absolute Gasteiger partial charge is 0.414 e. The summed E-state index contributed by atoms with van der Waals surface area (Å²) in [5.41, 5.74) is 0.561. The number of hydrogen-bond acceptors (Lipinski definition) is 9. The van der Waals surface area contributed by atoms with Crippen molar-refractivity contribution in [2.45, 2.75) is 6.10 Å². The molecule has 1 aromatic carbocycles. The quantitative estimate of drug-likeness (QED) is 0.310. The summed E-state index contributed by atoms with van der Waals surface area (Å²) in [6.07, 6.45) is -1.56. The number of nitrogens with zero attached hydrogens (tertiary/aromatic N) is 3. The Labute approximate surface area is 176 Å². The molecular weight excluding hydrogens is 424 g/mol. The van der Waals surface area contributed by atoms with E-state index in [1.807, 2.05) is 0 Å². The fraction of sp³-hybridized carbons (Fsp3) is 0.412. The van der Waals surface area contributed by atoms with E-state index in [4.69, 9.17) is 14.7 Å². The first kappa shape index (κ1) is 22.9. The summed E-state index contributed by atoms with van der Waals surface area (Å²) in [5.74, 6) is 0.950. The van der Waals surface area contributed by atoms with E-state index >= 15 is 0 Å². The molecule has 12 nitrogen and oxygen atoms in total. The molecule has 2 aliphatic heterocycles. The summed E-state index contributed by atoms with van der Waals surface area (Å²) in [6, 6.07) is 5.23. The molecule has 164 valence electrons. The van der Waals surface area contributed by atoms with Crippen LogP contribution >= 0.6 is 11.6 Å². The van der Waals surface area contributed by atoms with Gasteiger partial charge in [-0.2, -0.15) is 0 Å². The molecule has 13 heteroatoms. The molecule has 3 rings (SSSR count). The number of fused-ring (bicyclic) bond motifs is 1. The largest absolute Gasteiger partial charge is 0.483 e. The van der Waals surface area contributed by atoms with Gasteiger partial charge in [-0.3, -0.25) is 4.90 Å². The summed E-state index contributed by atoms with van der Waals surface area (Å²) < 4.78 is 19.2. The first-order valence-electron chi connectivity index (χ1n) is 8.55. The number of anilines is 2. The molecule has 1 aromatic rings. The molecule has 1 saturated heterocycles. The number of rotatable bonds is 3. The number of alkyl carbamates (subject to hydrolysis) is 1. The SMILES string of the molecule is COC(=O)Cl.COC(=O)NCC1CN(c2ccc3c(c2)OCC(=NO)N3C)C(=O)O1. The molecule has 2 amide bonds. The van der Waals surface area contributed by atoms with Crippen LogP contribution in [-0.2, 0) is 14.2 Å². The molecule has 0 bridgehead atoms. The molecule has 30 heavy (non-hydrogen) atoms. The Morgan fingerprint density at radius 3 is 2.67 bits per heavy atom. The maximum absolute atomic E-state index is 12.1. The van der Waals surface area contributed by atoms with Gasteiger partial charge in [-0.1, -0.05) is 5.16 Å². The summed E-state index contributed by atoms with van der Waals surface area (Å²) in [7, 11) is 4.24. The Kier molecular flexibility index (Phi) is 7.92. The van der Waals surface area contributed by atoms with Gasteiger partial charge in [0, 0.05) is 24.7 Å². The van der Waals surface area contributed by atoms with Crippen molar-refractivity contribution in [3.8, 4) is 5.75 Å². The predicted molar refractivity (Wildman–Crippen MR) is 106 cm³/mol. The average Bonchev–Trinajstić information content (AvgIpc) is 3.13. The standard InChI is InChI=1S/C15H18N4O6.C2H3ClO2/c1-18-11-4-3-9(5-12(11)24-8-13(18)17-22)19-7-10(25-15(19)21)6-16-14(20)23-2;1-5-2(3)4/h3-5,10,22H,6-8H2,1-2H3,(H,16,20);1H3. The lowest BCUT2D eigenvalue weighted by atomic mass is 10.2. The highest BCUT2D eigenvalue weighted by Crippen LogP contribution is 2.36. The average molecular weight is 445 g/mol. The number of oxime groups is 1. The molecule has 1 atom stereocenters. The van der Waals surface area contributed by atoms with Crippen molar-refractivity contribution >= 4 is 46.4 Å². The van der Waals surface area contributed by atoms with Crippen molar-refractivity contribution in [2.75, 3.05) is 50.8 Å². The van der Waals surface area contributed by atoms with Gasteiger partial charge in [0.25, 0.3) is 0 Å². The topological polar surface area (TPSA) is 139 Å². The number of carbonyl (C=O) groups is 3. The van der Waals surface area contributed by atoms with E-state index in [0.717, 1.165) is 5.69 Å². The highest BCUT2D eigenvalue weighted by Gasteiger charge is 2.33. The van der Waals surface area contributed by atoms with Crippen LogP contribution in [0.25, 0.3) is 0 Å². The van der Waals surface area contributed by atoms with Crippen LogP contribution in [0.5, 0.6) is 5.75 Å². The van der Waals surface area contributed by atoms with Gasteiger partial charge in [0.1, 0.15) is 18.5 Å². The normalized spacial score (nSPS) is 18.5. The van der Waals surface area contributed by atoms with Gasteiger partial charge in [-0.25, -0.2) is 14.4 Å². The van der Waals surface area contributed by atoms with Gasteiger partial charge in [-0.05, 0) is 12.1 Å². The zero-order valence-corrected chi connectivity index (χ0v) is 17.2. The lowest BCUT2D eigenvalue weighted by Crippen LogP contribution is -2.36. The summed E-state index contributed by atoms with van der Waals surface area (Å²) in [4.78, 5) is 35.7. The second-order valence-electron chi connectivity index (χ2n) is 5.95. The molecule has 0 radical (unpaired) electrons. The Hall–Kier alpha value is -3.41. The van der Waals surface area contributed by atoms with Gasteiger partial charge < -0.3 is 34.4 Å². The molecule has 0 aromatic heterocycles. The van der Waals surface area contributed by atoms with E-state index in [0.29, 0.717) is 23.8 Å². The van der Waals surface area contributed by atoms with Crippen LogP contribution in [-0.4, -0.2) is 75.7 Å². The molecule has 0 saturated carbocycles. The Balaban J connectivity index is 0.000000575. The van der Waals surface area contributed by atoms with E-state index < -0.39 is 23.7 Å². The van der Waals surface area contributed by atoms with Crippen molar-refractivity contribution in [3.05, 3.63) is 18.2 Å². The molecular formula is C17H21ClN4O8. The maximum atomic E-state index is 12.1. The third-order valence-electron chi connectivity index (χ3n) is 4.17. The molecule has 2 aliphatic rings. The number of hydrogen-bond donors (Lipinski definition) is 2. The van der Waals surface area contributed by atoms with Crippen LogP contribution in [0.1, 0.15) is 0 Å². The summed E-state index contributed by atoms with van der Waals surface area (Å²) in [6.45, 7) is 0.579. The van der Waals surface area contributed by atoms with Crippen molar-refractivity contribution < 1.29 is 38.5 Å². The number of nitrogens with one attached hydrogen (secondary N) is 1. The van der Waals surface area contributed by atoms with E-state index in [-0.39, 0.29) is 13.2 Å². The minimum absolute atomic E-state index is 0.125. The molecule has 0 aliphatic carbocycles. The van der Waals surface area contributed by atoms with Crippen molar-refractivity contribution in [2.24, 2.45) is 5.16 Å². The highest BCUT2D eigenvalue weighted by atomic mass is 35.5. The molecule has 1 unspecified atom stereocenters. The van der Waals surface area contributed by atoms with Crippen molar-refractivity contribution in [1.29, 1.82) is 0 Å². The number of amides is 2. The van der Waals surface area contributed by atoms with Crippen LogP contribution in [0.15, 0.2) is 23.4 Å². The van der Waals surface area contributed by atoms with E-state index in [2.05, 4.69) is 31.5 Å². The number of benzene rings is 1.